The molecule has 2 heterocycles. The summed E-state index contributed by atoms with van der Waals surface area (Å²) in [6, 6.07) is 9.29. The van der Waals surface area contributed by atoms with Crippen LogP contribution in [-0.2, 0) is 0 Å². The number of hydrogen-bond donors (Lipinski definition) is 1. The summed E-state index contributed by atoms with van der Waals surface area (Å²) >= 11 is 0. The Balaban J connectivity index is 1.32. The van der Waals surface area contributed by atoms with Crippen molar-refractivity contribution in [1.29, 1.82) is 0 Å². The minimum atomic E-state index is 0.121. The van der Waals surface area contributed by atoms with Crippen LogP contribution in [0.15, 0.2) is 24.3 Å². The third kappa shape index (κ3) is 2.38. The van der Waals surface area contributed by atoms with Crippen LogP contribution in [0, 0.1) is 0 Å². The number of urea groups is 1. The normalized spacial score (nSPS) is 22.1. The zero-order chi connectivity index (χ0) is 16.1. The maximum Gasteiger partial charge on any atom is 0.317 e. The lowest BCUT2D eigenvalue weighted by Gasteiger charge is -2.41. The number of hydrogen-bond acceptors (Lipinski definition) is 2. The fraction of sp³-hybridized carbons (Fsp3) is 0.579. The first-order chi connectivity index (χ1) is 11.8. The van der Waals surface area contributed by atoms with Gasteiger partial charge >= 0.3 is 6.03 Å². The van der Waals surface area contributed by atoms with Gasteiger partial charge in [-0.05, 0) is 37.8 Å². The number of aromatic nitrogens is 2. The van der Waals surface area contributed by atoms with Crippen molar-refractivity contribution in [3.63, 3.8) is 0 Å². The molecule has 1 aromatic carbocycles. The van der Waals surface area contributed by atoms with Crippen LogP contribution < -0.4 is 5.32 Å². The largest absolute Gasteiger partial charge is 0.335 e. The van der Waals surface area contributed by atoms with E-state index in [0.717, 1.165) is 31.4 Å². The lowest BCUT2D eigenvalue weighted by atomic mass is 10.1. The Bertz CT molecular complexity index is 767. The van der Waals surface area contributed by atoms with E-state index in [4.69, 9.17) is 4.98 Å². The molecule has 1 N–H and O–H groups in total. The van der Waals surface area contributed by atoms with Gasteiger partial charge in [0, 0.05) is 25.0 Å². The molecule has 24 heavy (non-hydrogen) atoms. The molecule has 1 aromatic heterocycles. The maximum absolute atomic E-state index is 12.4. The van der Waals surface area contributed by atoms with E-state index >= 15 is 0 Å². The van der Waals surface area contributed by atoms with E-state index in [1.807, 2.05) is 4.90 Å². The molecule has 5 nitrogen and oxygen atoms in total. The quantitative estimate of drug-likeness (QED) is 0.940. The highest BCUT2D eigenvalue weighted by molar-refractivity contribution is 5.78. The van der Waals surface area contributed by atoms with Gasteiger partial charge in [-0.3, -0.25) is 0 Å². The molecular formula is C19H24N4O. The molecule has 0 atom stereocenters. The number of benzene rings is 1. The second-order valence-electron chi connectivity index (χ2n) is 7.59. The van der Waals surface area contributed by atoms with E-state index in [9.17, 15) is 4.79 Å². The second kappa shape index (κ2) is 5.50. The number of fused-ring (bicyclic) bond motifs is 1. The average Bonchev–Trinajstić information content (AvgIpc) is 3.14. The number of carbonyl (C=O) groups is 1. The molecule has 126 valence electrons. The summed E-state index contributed by atoms with van der Waals surface area (Å²) in [7, 11) is 0. The predicted molar refractivity (Wildman–Crippen MR) is 93.1 cm³/mol. The zero-order valence-electron chi connectivity index (χ0n) is 13.9. The van der Waals surface area contributed by atoms with E-state index in [-0.39, 0.29) is 6.03 Å². The van der Waals surface area contributed by atoms with Gasteiger partial charge in [0.05, 0.1) is 17.1 Å². The van der Waals surface area contributed by atoms with Crippen LogP contribution in [0.5, 0.6) is 0 Å². The topological polar surface area (TPSA) is 50.2 Å². The molecule has 2 aliphatic carbocycles. The third-order valence-corrected chi connectivity index (χ3v) is 5.76. The number of likely N-dealkylation sites (tertiary alicyclic amines) is 1. The number of carbonyl (C=O) groups excluding carboxylic acids is 1. The Morgan fingerprint density at radius 2 is 1.83 bits per heavy atom. The van der Waals surface area contributed by atoms with Gasteiger partial charge in [-0.2, -0.15) is 0 Å². The number of amides is 2. The third-order valence-electron chi connectivity index (χ3n) is 5.76. The maximum atomic E-state index is 12.4. The Morgan fingerprint density at radius 1 is 1.08 bits per heavy atom. The van der Waals surface area contributed by atoms with Crippen molar-refractivity contribution in [2.45, 2.75) is 56.5 Å². The minimum absolute atomic E-state index is 0.121. The van der Waals surface area contributed by atoms with Gasteiger partial charge in [0.15, 0.2) is 0 Å². The SMILES string of the molecule is O=C(NC1CCCC1)N1CC(n2c(C3CC3)nc3ccccc32)C1. The lowest BCUT2D eigenvalue weighted by molar-refractivity contribution is 0.122. The summed E-state index contributed by atoms with van der Waals surface area (Å²) in [5.41, 5.74) is 2.31. The van der Waals surface area contributed by atoms with Gasteiger partial charge in [-0.15, -0.1) is 0 Å². The Hall–Kier alpha value is -2.04. The first kappa shape index (κ1) is 14.3. The zero-order valence-corrected chi connectivity index (χ0v) is 13.9. The Morgan fingerprint density at radius 3 is 2.58 bits per heavy atom. The van der Waals surface area contributed by atoms with E-state index in [0.29, 0.717) is 18.0 Å². The van der Waals surface area contributed by atoms with Gasteiger partial charge in [-0.1, -0.05) is 25.0 Å². The summed E-state index contributed by atoms with van der Waals surface area (Å²) in [6.45, 7) is 1.61. The molecule has 5 heteroatoms. The van der Waals surface area contributed by atoms with E-state index < -0.39 is 0 Å². The van der Waals surface area contributed by atoms with E-state index in [1.54, 1.807) is 0 Å². The molecular weight excluding hydrogens is 300 g/mol. The molecule has 0 bridgehead atoms. The van der Waals surface area contributed by atoms with Crippen molar-refractivity contribution in [1.82, 2.24) is 19.8 Å². The van der Waals surface area contributed by atoms with Crippen LogP contribution >= 0.6 is 0 Å². The van der Waals surface area contributed by atoms with Crippen molar-refractivity contribution in [2.24, 2.45) is 0 Å². The van der Waals surface area contributed by atoms with Crippen molar-refractivity contribution in [3.8, 4) is 0 Å². The molecule has 5 rings (SSSR count). The van der Waals surface area contributed by atoms with Gasteiger partial charge in [-0.25, -0.2) is 9.78 Å². The monoisotopic (exact) mass is 324 g/mol. The highest BCUT2D eigenvalue weighted by Crippen LogP contribution is 2.42. The fourth-order valence-electron chi connectivity index (χ4n) is 4.20. The fourth-order valence-corrected chi connectivity index (χ4v) is 4.20. The van der Waals surface area contributed by atoms with Crippen molar-refractivity contribution >= 4 is 17.1 Å². The number of rotatable bonds is 3. The van der Waals surface area contributed by atoms with Gasteiger partial charge in [0.2, 0.25) is 0 Å². The summed E-state index contributed by atoms with van der Waals surface area (Å²) in [6.07, 6.45) is 7.28. The first-order valence-electron chi connectivity index (χ1n) is 9.32. The highest BCUT2D eigenvalue weighted by atomic mass is 16.2. The molecule has 3 fully saturated rings. The molecule has 0 spiro atoms. The number of nitrogens with zero attached hydrogens (tertiary/aromatic N) is 3. The van der Waals surface area contributed by atoms with E-state index in [1.165, 1.54) is 37.0 Å². The van der Waals surface area contributed by atoms with Gasteiger partial charge < -0.3 is 14.8 Å². The lowest BCUT2D eigenvalue weighted by Crippen LogP contribution is -2.55. The van der Waals surface area contributed by atoms with Gasteiger partial charge in [0.25, 0.3) is 0 Å². The predicted octanol–water partition coefficient (Wildman–Crippen LogP) is 3.42. The molecule has 0 unspecified atom stereocenters. The van der Waals surface area contributed by atoms with Crippen LogP contribution in [0.3, 0.4) is 0 Å². The van der Waals surface area contributed by atoms with Crippen LogP contribution in [0.2, 0.25) is 0 Å². The highest BCUT2D eigenvalue weighted by Gasteiger charge is 2.38. The average molecular weight is 324 g/mol. The molecule has 2 amide bonds. The molecule has 3 aliphatic rings. The standard InChI is InChI=1S/C19H24N4O/c24-19(20-14-5-1-2-6-14)22-11-15(12-22)23-17-8-4-3-7-16(17)21-18(23)13-9-10-13/h3-4,7-8,13-15H,1-2,5-6,9-12H2,(H,20,24). The van der Waals surface area contributed by atoms with Crippen molar-refractivity contribution < 1.29 is 4.79 Å². The minimum Gasteiger partial charge on any atom is -0.335 e. The van der Waals surface area contributed by atoms with Crippen LogP contribution in [0.25, 0.3) is 11.0 Å². The molecule has 1 saturated heterocycles. The Labute approximate surface area is 142 Å². The van der Waals surface area contributed by atoms with Crippen LogP contribution in [0.1, 0.15) is 56.3 Å². The summed E-state index contributed by atoms with van der Waals surface area (Å²) < 4.78 is 2.41. The molecule has 0 radical (unpaired) electrons. The number of imidazole rings is 1. The molecule has 2 aromatic rings. The van der Waals surface area contributed by atoms with Crippen LogP contribution in [0.4, 0.5) is 4.79 Å². The van der Waals surface area contributed by atoms with E-state index in [2.05, 4.69) is 34.1 Å². The summed E-state index contributed by atoms with van der Waals surface area (Å²) in [5, 5.41) is 3.20. The summed E-state index contributed by atoms with van der Waals surface area (Å²) in [4.78, 5) is 19.2. The Kier molecular flexibility index (Phi) is 3.28. The summed E-state index contributed by atoms with van der Waals surface area (Å²) in [5.74, 6) is 1.86. The molecule has 1 aliphatic heterocycles. The smallest absolute Gasteiger partial charge is 0.317 e. The van der Waals surface area contributed by atoms with Crippen molar-refractivity contribution in [2.75, 3.05) is 13.1 Å². The number of nitrogens with one attached hydrogen (secondary N) is 1. The van der Waals surface area contributed by atoms with Crippen molar-refractivity contribution in [3.05, 3.63) is 30.1 Å². The first-order valence-corrected chi connectivity index (χ1v) is 9.32. The number of para-hydroxylation sites is 2. The van der Waals surface area contributed by atoms with Gasteiger partial charge in [0.1, 0.15) is 5.82 Å². The van der Waals surface area contributed by atoms with Crippen LogP contribution in [-0.4, -0.2) is 39.6 Å². The second-order valence-corrected chi connectivity index (χ2v) is 7.59. The molecule has 2 saturated carbocycles.